The van der Waals surface area contributed by atoms with Crippen LogP contribution in [0.5, 0.6) is 0 Å². The molecule has 0 aromatic carbocycles. The van der Waals surface area contributed by atoms with Gasteiger partial charge in [-0.15, -0.1) is 11.3 Å². The Morgan fingerprint density at radius 2 is 2.31 bits per heavy atom. The van der Waals surface area contributed by atoms with Gasteiger partial charge >= 0.3 is 0 Å². The first-order valence-corrected chi connectivity index (χ1v) is 6.45. The van der Waals surface area contributed by atoms with Gasteiger partial charge in [-0.3, -0.25) is 0 Å². The van der Waals surface area contributed by atoms with Crippen molar-refractivity contribution in [3.63, 3.8) is 0 Å². The SMILES string of the molecule is Cc1ccsc1CCNC(C)c1ccco1. The normalized spacial score (nSPS) is 12.9. The summed E-state index contributed by atoms with van der Waals surface area (Å²) in [7, 11) is 0. The van der Waals surface area contributed by atoms with Gasteiger partial charge in [0.2, 0.25) is 0 Å². The second kappa shape index (κ2) is 5.32. The van der Waals surface area contributed by atoms with E-state index in [1.54, 1.807) is 6.26 Å². The molecule has 0 saturated carbocycles. The summed E-state index contributed by atoms with van der Waals surface area (Å²) >= 11 is 1.84. The fourth-order valence-corrected chi connectivity index (χ4v) is 2.61. The molecule has 0 aliphatic carbocycles. The van der Waals surface area contributed by atoms with Crippen molar-refractivity contribution in [1.29, 1.82) is 0 Å². The number of rotatable bonds is 5. The monoisotopic (exact) mass is 235 g/mol. The van der Waals surface area contributed by atoms with Crippen LogP contribution in [0.2, 0.25) is 0 Å². The molecular formula is C13H17NOS. The Morgan fingerprint density at radius 1 is 1.44 bits per heavy atom. The van der Waals surface area contributed by atoms with Gasteiger partial charge in [0.15, 0.2) is 0 Å². The average molecular weight is 235 g/mol. The minimum Gasteiger partial charge on any atom is -0.468 e. The zero-order chi connectivity index (χ0) is 11.4. The van der Waals surface area contributed by atoms with Crippen molar-refractivity contribution >= 4 is 11.3 Å². The predicted molar refractivity (Wildman–Crippen MR) is 67.9 cm³/mol. The lowest BCUT2D eigenvalue weighted by molar-refractivity contribution is 0.433. The number of aryl methyl sites for hydroxylation is 1. The molecule has 3 heteroatoms. The molecule has 0 saturated heterocycles. The number of thiophene rings is 1. The van der Waals surface area contributed by atoms with Crippen LogP contribution in [0.1, 0.15) is 29.2 Å². The third-order valence-corrected chi connectivity index (χ3v) is 3.82. The second-order valence-electron chi connectivity index (χ2n) is 3.97. The molecule has 2 rings (SSSR count). The van der Waals surface area contributed by atoms with E-state index >= 15 is 0 Å². The number of nitrogens with one attached hydrogen (secondary N) is 1. The first-order valence-electron chi connectivity index (χ1n) is 5.57. The zero-order valence-electron chi connectivity index (χ0n) is 9.69. The molecule has 0 spiro atoms. The van der Waals surface area contributed by atoms with Crippen LogP contribution in [-0.4, -0.2) is 6.54 Å². The van der Waals surface area contributed by atoms with E-state index in [-0.39, 0.29) is 6.04 Å². The van der Waals surface area contributed by atoms with Crippen molar-refractivity contribution in [2.24, 2.45) is 0 Å². The fraction of sp³-hybridized carbons (Fsp3) is 0.385. The largest absolute Gasteiger partial charge is 0.468 e. The van der Waals surface area contributed by atoms with Gasteiger partial charge in [0.25, 0.3) is 0 Å². The predicted octanol–water partition coefficient (Wildman–Crippen LogP) is 3.54. The fourth-order valence-electron chi connectivity index (χ4n) is 1.70. The van der Waals surface area contributed by atoms with E-state index in [1.165, 1.54) is 10.4 Å². The number of hydrogen-bond donors (Lipinski definition) is 1. The Kier molecular flexibility index (Phi) is 3.80. The molecule has 0 aliphatic rings. The Labute approximate surface area is 100 Å². The number of hydrogen-bond acceptors (Lipinski definition) is 3. The zero-order valence-corrected chi connectivity index (χ0v) is 10.5. The maximum absolute atomic E-state index is 5.35. The van der Waals surface area contributed by atoms with Gasteiger partial charge in [-0.25, -0.2) is 0 Å². The smallest absolute Gasteiger partial charge is 0.120 e. The second-order valence-corrected chi connectivity index (χ2v) is 4.97. The minimum absolute atomic E-state index is 0.287. The maximum atomic E-state index is 5.35. The molecule has 16 heavy (non-hydrogen) atoms. The molecule has 1 N–H and O–H groups in total. The third kappa shape index (κ3) is 2.74. The van der Waals surface area contributed by atoms with Crippen molar-refractivity contribution in [2.75, 3.05) is 6.54 Å². The van der Waals surface area contributed by atoms with Crippen LogP contribution < -0.4 is 5.32 Å². The molecule has 0 aliphatic heterocycles. The summed E-state index contributed by atoms with van der Waals surface area (Å²) in [5.41, 5.74) is 1.40. The van der Waals surface area contributed by atoms with Crippen molar-refractivity contribution < 1.29 is 4.42 Å². The highest BCUT2D eigenvalue weighted by Crippen LogP contribution is 2.16. The van der Waals surface area contributed by atoms with E-state index in [0.717, 1.165) is 18.7 Å². The van der Waals surface area contributed by atoms with Crippen LogP contribution in [0.3, 0.4) is 0 Å². The van der Waals surface area contributed by atoms with Gasteiger partial charge in [-0.1, -0.05) is 0 Å². The quantitative estimate of drug-likeness (QED) is 0.857. The maximum Gasteiger partial charge on any atom is 0.120 e. The lowest BCUT2D eigenvalue weighted by Gasteiger charge is -2.10. The van der Waals surface area contributed by atoms with Crippen LogP contribution >= 0.6 is 11.3 Å². The third-order valence-electron chi connectivity index (χ3n) is 2.74. The van der Waals surface area contributed by atoms with Gasteiger partial charge in [0.1, 0.15) is 5.76 Å². The van der Waals surface area contributed by atoms with E-state index in [9.17, 15) is 0 Å². The van der Waals surface area contributed by atoms with Gasteiger partial charge in [0, 0.05) is 11.4 Å². The van der Waals surface area contributed by atoms with Crippen molar-refractivity contribution in [3.8, 4) is 0 Å². The summed E-state index contributed by atoms with van der Waals surface area (Å²) in [6.07, 6.45) is 2.81. The van der Waals surface area contributed by atoms with Crippen molar-refractivity contribution in [2.45, 2.75) is 26.3 Å². The lowest BCUT2D eigenvalue weighted by atomic mass is 10.2. The molecule has 86 valence electrons. The van der Waals surface area contributed by atoms with Crippen molar-refractivity contribution in [1.82, 2.24) is 5.32 Å². The van der Waals surface area contributed by atoms with Crippen LogP contribution in [0.15, 0.2) is 34.3 Å². The van der Waals surface area contributed by atoms with E-state index < -0.39 is 0 Å². The van der Waals surface area contributed by atoms with E-state index in [4.69, 9.17) is 4.42 Å². The topological polar surface area (TPSA) is 25.2 Å². The van der Waals surface area contributed by atoms with E-state index in [2.05, 4.69) is 30.6 Å². The molecule has 0 radical (unpaired) electrons. The molecule has 1 unspecified atom stereocenters. The van der Waals surface area contributed by atoms with Gasteiger partial charge in [-0.2, -0.15) is 0 Å². The molecule has 2 nitrogen and oxygen atoms in total. The molecular weight excluding hydrogens is 218 g/mol. The van der Waals surface area contributed by atoms with Gasteiger partial charge < -0.3 is 9.73 Å². The van der Waals surface area contributed by atoms with Crippen LogP contribution in [0.4, 0.5) is 0 Å². The molecule has 2 aromatic heterocycles. The molecule has 1 atom stereocenters. The first-order chi connectivity index (χ1) is 7.77. The Bertz CT molecular complexity index is 419. The summed E-state index contributed by atoms with van der Waals surface area (Å²) in [6.45, 7) is 5.28. The van der Waals surface area contributed by atoms with E-state index in [0.29, 0.717) is 0 Å². The lowest BCUT2D eigenvalue weighted by Crippen LogP contribution is -2.20. The van der Waals surface area contributed by atoms with Crippen molar-refractivity contribution in [3.05, 3.63) is 46.0 Å². The van der Waals surface area contributed by atoms with Crippen LogP contribution in [0, 0.1) is 6.92 Å². The summed E-state index contributed by atoms with van der Waals surface area (Å²) < 4.78 is 5.35. The summed E-state index contributed by atoms with van der Waals surface area (Å²) in [4.78, 5) is 1.47. The molecule has 2 heterocycles. The molecule has 0 fully saturated rings. The van der Waals surface area contributed by atoms with Gasteiger partial charge in [-0.05, 0) is 49.4 Å². The molecule has 2 aromatic rings. The van der Waals surface area contributed by atoms with Gasteiger partial charge in [0.05, 0.1) is 12.3 Å². The van der Waals surface area contributed by atoms with Crippen LogP contribution in [-0.2, 0) is 6.42 Å². The van der Waals surface area contributed by atoms with Crippen LogP contribution in [0.25, 0.3) is 0 Å². The standard InChI is InChI=1S/C13H17NOS/c1-10-6-9-16-13(10)5-7-14-11(2)12-4-3-8-15-12/h3-4,6,8-9,11,14H,5,7H2,1-2H3. The minimum atomic E-state index is 0.287. The Balaban J connectivity index is 1.78. The summed E-state index contributed by atoms with van der Waals surface area (Å²) in [5, 5.41) is 5.62. The molecule has 0 bridgehead atoms. The Morgan fingerprint density at radius 3 is 2.94 bits per heavy atom. The summed E-state index contributed by atoms with van der Waals surface area (Å²) in [5.74, 6) is 1.00. The molecule has 0 amide bonds. The highest BCUT2D eigenvalue weighted by molar-refractivity contribution is 7.10. The highest BCUT2D eigenvalue weighted by atomic mass is 32.1. The highest BCUT2D eigenvalue weighted by Gasteiger charge is 2.07. The first kappa shape index (κ1) is 11.4. The Hall–Kier alpha value is -1.06. The average Bonchev–Trinajstić information content (AvgIpc) is 2.90. The van der Waals surface area contributed by atoms with E-state index in [1.807, 2.05) is 23.5 Å². The summed E-state index contributed by atoms with van der Waals surface area (Å²) in [6, 6.07) is 6.40. The number of furan rings is 1.